The Morgan fingerprint density at radius 2 is 0.838 bits per heavy atom. The number of hydrogen-bond donors (Lipinski definition) is 1. The highest BCUT2D eigenvalue weighted by Crippen LogP contribution is 2.17. The van der Waals surface area contributed by atoms with Crippen molar-refractivity contribution in [3.63, 3.8) is 0 Å². The highest BCUT2D eigenvalue weighted by Gasteiger charge is 2.25. The predicted octanol–water partition coefficient (Wildman–Crippen LogP) is 16.3. The monoisotopic (exact) mass is 959 g/mol. The molecule has 0 aromatic rings. The molecule has 0 spiro atoms. The fourth-order valence-electron chi connectivity index (χ4n) is 8.01. The van der Waals surface area contributed by atoms with Crippen LogP contribution in [0.2, 0.25) is 0 Å². The number of likely N-dealkylation sites (N-methyl/N-ethyl adjacent to an activating group) is 1. The predicted molar refractivity (Wildman–Crippen MR) is 286 cm³/mol. The number of nitrogens with zero attached hydrogens (tertiary/aromatic N) is 1. The molecule has 0 bridgehead atoms. The van der Waals surface area contributed by atoms with E-state index >= 15 is 0 Å². The third-order valence-electron chi connectivity index (χ3n) is 12.3. The van der Waals surface area contributed by atoms with Crippen LogP contribution in [0.1, 0.15) is 251 Å². The van der Waals surface area contributed by atoms with Crippen molar-refractivity contribution in [1.29, 1.82) is 0 Å². The first-order valence-electron chi connectivity index (χ1n) is 28.3. The van der Waals surface area contributed by atoms with Gasteiger partial charge in [0.25, 0.3) is 6.29 Å². The van der Waals surface area contributed by atoms with Gasteiger partial charge in [0.2, 0.25) is 0 Å². The van der Waals surface area contributed by atoms with Crippen LogP contribution in [0.25, 0.3) is 0 Å². The third kappa shape index (κ3) is 51.1. The molecular weight excluding hydrogens is 851 g/mol. The van der Waals surface area contributed by atoms with Crippen molar-refractivity contribution in [1.82, 2.24) is 0 Å². The number of hydrogen-bond acceptors (Lipinski definition) is 7. The fraction of sp³-hybridized carbons (Fsp3) is 0.814. The summed E-state index contributed by atoms with van der Waals surface area (Å²) in [6, 6.07) is 0. The van der Waals surface area contributed by atoms with E-state index in [1.54, 1.807) is 0 Å². The summed E-state index contributed by atoms with van der Waals surface area (Å²) in [5.74, 6) is -1.99. The molecule has 2 atom stereocenters. The van der Waals surface area contributed by atoms with Crippen LogP contribution >= 0.6 is 0 Å². The maximum atomic E-state index is 12.8. The van der Waals surface area contributed by atoms with Crippen LogP contribution in [-0.4, -0.2) is 87.4 Å². The molecule has 1 N–H and O–H groups in total. The highest BCUT2D eigenvalue weighted by molar-refractivity contribution is 5.71. The molecule has 0 aromatic carbocycles. The summed E-state index contributed by atoms with van der Waals surface area (Å²) >= 11 is 0. The molecular formula is C59H108NO8+. The van der Waals surface area contributed by atoms with Gasteiger partial charge in [0.05, 0.1) is 34.4 Å². The number of aliphatic carboxylic acids is 1. The number of carbonyl (C=O) groups excluding carboxylic acids is 2. The van der Waals surface area contributed by atoms with Crippen LogP contribution in [0.15, 0.2) is 48.6 Å². The molecule has 0 saturated carbocycles. The van der Waals surface area contributed by atoms with Gasteiger partial charge in [0.15, 0.2) is 6.10 Å². The van der Waals surface area contributed by atoms with E-state index in [0.717, 1.165) is 64.2 Å². The lowest BCUT2D eigenvalue weighted by molar-refractivity contribution is -0.870. The number of carboxylic acids is 1. The molecule has 0 aliphatic carbocycles. The summed E-state index contributed by atoms with van der Waals surface area (Å²) in [5, 5.41) is 9.68. The Bertz CT molecular complexity index is 1250. The Labute approximate surface area is 419 Å². The number of carbonyl (C=O) groups is 3. The number of ether oxygens (including phenoxy) is 4. The van der Waals surface area contributed by atoms with E-state index < -0.39 is 24.3 Å². The van der Waals surface area contributed by atoms with E-state index in [4.69, 9.17) is 18.9 Å². The molecule has 0 saturated heterocycles. The molecule has 0 fully saturated rings. The van der Waals surface area contributed by atoms with Crippen molar-refractivity contribution in [3.05, 3.63) is 48.6 Å². The standard InChI is InChI=1S/C59H107NO8/c1-6-8-10-12-14-16-18-20-21-22-23-24-25-26-27-28-29-30-31-32-33-34-35-36-37-38-40-42-44-46-48-50-57(62)68-55(54-67-59(58(63)64)65-52-51-60(3,4)5)53-66-56(61)49-47-45-43-41-39-19-17-15-13-11-9-7-2/h8,10,14,16,20-21,23-24,55,59H,6-7,9,11-13,15,17-19,22,25-54H2,1-5H3/p+1/b10-8-,16-14-,21-20-,24-23-. The van der Waals surface area contributed by atoms with Gasteiger partial charge in [-0.25, -0.2) is 4.79 Å². The van der Waals surface area contributed by atoms with E-state index in [1.165, 1.54) is 161 Å². The van der Waals surface area contributed by atoms with E-state index in [0.29, 0.717) is 17.4 Å². The summed E-state index contributed by atoms with van der Waals surface area (Å²) in [4.78, 5) is 37.3. The molecule has 0 heterocycles. The topological polar surface area (TPSA) is 108 Å². The zero-order valence-corrected chi connectivity index (χ0v) is 45.0. The van der Waals surface area contributed by atoms with Crippen molar-refractivity contribution < 1.29 is 42.9 Å². The largest absolute Gasteiger partial charge is 0.477 e. The lowest BCUT2D eigenvalue weighted by atomic mass is 10.0. The van der Waals surface area contributed by atoms with Crippen LogP contribution in [0.5, 0.6) is 0 Å². The Morgan fingerprint density at radius 3 is 1.25 bits per heavy atom. The number of rotatable bonds is 52. The van der Waals surface area contributed by atoms with Gasteiger partial charge >= 0.3 is 17.9 Å². The normalized spacial score (nSPS) is 13.1. The van der Waals surface area contributed by atoms with Crippen molar-refractivity contribution in [2.24, 2.45) is 0 Å². The molecule has 9 heteroatoms. The minimum absolute atomic E-state index is 0.178. The van der Waals surface area contributed by atoms with Gasteiger partial charge in [0.1, 0.15) is 13.2 Å². The molecule has 0 aromatic heterocycles. The maximum Gasteiger partial charge on any atom is 0.361 e. The molecule has 68 heavy (non-hydrogen) atoms. The first-order chi connectivity index (χ1) is 33.1. The summed E-state index contributed by atoms with van der Waals surface area (Å²) < 4.78 is 22.8. The fourth-order valence-corrected chi connectivity index (χ4v) is 8.01. The smallest absolute Gasteiger partial charge is 0.361 e. The minimum atomic E-state index is -1.51. The average Bonchev–Trinajstić information content (AvgIpc) is 3.30. The number of unbranched alkanes of at least 4 members (excludes halogenated alkanes) is 29. The summed E-state index contributed by atoms with van der Waals surface area (Å²) in [6.45, 7) is 4.78. The van der Waals surface area contributed by atoms with Crippen LogP contribution in [0.4, 0.5) is 0 Å². The second kappa shape index (κ2) is 50.6. The molecule has 0 aliphatic heterocycles. The second-order valence-corrected chi connectivity index (χ2v) is 20.2. The van der Waals surface area contributed by atoms with Crippen molar-refractivity contribution in [2.75, 3.05) is 47.5 Å². The van der Waals surface area contributed by atoms with Gasteiger partial charge in [-0.05, 0) is 51.4 Å². The molecule has 0 radical (unpaired) electrons. The lowest BCUT2D eigenvalue weighted by Gasteiger charge is -2.25. The van der Waals surface area contributed by atoms with Gasteiger partial charge in [-0.3, -0.25) is 9.59 Å². The van der Waals surface area contributed by atoms with Crippen LogP contribution in [0.3, 0.4) is 0 Å². The van der Waals surface area contributed by atoms with Crippen molar-refractivity contribution >= 4 is 17.9 Å². The maximum absolute atomic E-state index is 12.8. The van der Waals surface area contributed by atoms with Crippen molar-refractivity contribution in [2.45, 2.75) is 264 Å². The molecule has 396 valence electrons. The van der Waals surface area contributed by atoms with Gasteiger partial charge in [-0.1, -0.05) is 236 Å². The Balaban J connectivity index is 4.09. The van der Waals surface area contributed by atoms with E-state index in [2.05, 4.69) is 62.5 Å². The minimum Gasteiger partial charge on any atom is -0.477 e. The second-order valence-electron chi connectivity index (χ2n) is 20.2. The summed E-state index contributed by atoms with van der Waals surface area (Å²) in [7, 11) is 5.97. The van der Waals surface area contributed by atoms with E-state index in [9.17, 15) is 19.5 Å². The summed E-state index contributed by atoms with van der Waals surface area (Å²) in [6.07, 6.45) is 59.1. The zero-order chi connectivity index (χ0) is 49.9. The number of allylic oxidation sites excluding steroid dienone is 8. The lowest BCUT2D eigenvalue weighted by Crippen LogP contribution is -2.40. The van der Waals surface area contributed by atoms with Gasteiger partial charge in [-0.15, -0.1) is 0 Å². The van der Waals surface area contributed by atoms with Gasteiger partial charge < -0.3 is 28.5 Å². The Morgan fingerprint density at radius 1 is 0.456 bits per heavy atom. The third-order valence-corrected chi connectivity index (χ3v) is 12.3. The molecule has 0 rings (SSSR count). The highest BCUT2D eigenvalue weighted by atomic mass is 16.7. The van der Waals surface area contributed by atoms with Gasteiger partial charge in [-0.2, -0.15) is 0 Å². The van der Waals surface area contributed by atoms with E-state index in [-0.39, 0.29) is 32.2 Å². The van der Waals surface area contributed by atoms with E-state index in [1.807, 2.05) is 21.1 Å². The quantitative estimate of drug-likeness (QED) is 0.0211. The summed E-state index contributed by atoms with van der Waals surface area (Å²) in [5.41, 5.74) is 0. The molecule has 0 amide bonds. The molecule has 0 aliphatic rings. The van der Waals surface area contributed by atoms with Crippen LogP contribution < -0.4 is 0 Å². The van der Waals surface area contributed by atoms with Crippen LogP contribution in [0, 0.1) is 0 Å². The first kappa shape index (κ1) is 65.2. The average molecular weight is 960 g/mol. The first-order valence-corrected chi connectivity index (χ1v) is 28.3. The Kier molecular flexibility index (Phi) is 48.6. The SMILES string of the molecule is CC/C=C\C/C=C\C/C=C\C/C=C\CCCCCCCCCCCCCCCCCCCCC(=O)OC(COC(=O)CCCCCCCCCCCCCC)COC(OCC[N+](C)(C)C)C(=O)O. The number of quaternary nitrogens is 1. The van der Waals surface area contributed by atoms with Crippen LogP contribution in [-0.2, 0) is 33.3 Å². The number of esters is 2. The molecule has 9 nitrogen and oxygen atoms in total. The number of carboxylic acid groups (broad SMARTS) is 1. The Hall–Kier alpha value is -2.75. The molecule has 2 unspecified atom stereocenters. The zero-order valence-electron chi connectivity index (χ0n) is 45.0. The van der Waals surface area contributed by atoms with Crippen molar-refractivity contribution in [3.8, 4) is 0 Å². The van der Waals surface area contributed by atoms with Gasteiger partial charge in [0, 0.05) is 12.8 Å².